The molecule has 5 heteroatoms. The number of amides is 2. The van der Waals surface area contributed by atoms with Gasteiger partial charge in [-0.3, -0.25) is 9.59 Å². The molecule has 1 fully saturated rings. The van der Waals surface area contributed by atoms with Crippen molar-refractivity contribution in [3.05, 3.63) is 58.1 Å². The summed E-state index contributed by atoms with van der Waals surface area (Å²) in [4.78, 5) is 24.9. The van der Waals surface area contributed by atoms with Crippen LogP contribution in [0, 0.1) is 32.6 Å². The van der Waals surface area contributed by atoms with Crippen molar-refractivity contribution < 1.29 is 9.59 Å². The second-order valence-corrected chi connectivity index (χ2v) is 7.09. The van der Waals surface area contributed by atoms with Gasteiger partial charge in [-0.15, -0.1) is 0 Å². The minimum atomic E-state index is -0.289. The fourth-order valence-corrected chi connectivity index (χ4v) is 3.13. The summed E-state index contributed by atoms with van der Waals surface area (Å²) in [5.41, 5.74) is 4.51. The van der Waals surface area contributed by atoms with Crippen molar-refractivity contribution in [3.63, 3.8) is 0 Å². The third-order valence-corrected chi connectivity index (χ3v) is 4.89. The van der Waals surface area contributed by atoms with Gasteiger partial charge in [0.05, 0.1) is 11.8 Å². The van der Waals surface area contributed by atoms with Crippen molar-refractivity contribution in [3.8, 4) is 0 Å². The van der Waals surface area contributed by atoms with Crippen LogP contribution in [0.15, 0.2) is 36.4 Å². The molecule has 2 amide bonds. The fraction of sp³-hybridized carbons (Fsp3) is 0.300. The average Bonchev–Trinajstić information content (AvgIpc) is 3.35. The molecule has 1 aliphatic rings. The largest absolute Gasteiger partial charge is 0.326 e. The number of rotatable bonds is 4. The number of benzene rings is 2. The summed E-state index contributed by atoms with van der Waals surface area (Å²) in [5, 5.41) is 6.42. The Kier molecular flexibility index (Phi) is 4.82. The zero-order chi connectivity index (χ0) is 18.1. The van der Waals surface area contributed by atoms with Crippen molar-refractivity contribution in [1.29, 1.82) is 0 Å². The van der Waals surface area contributed by atoms with Crippen LogP contribution in [0.3, 0.4) is 0 Å². The normalized spacial score (nSPS) is 18.6. The van der Waals surface area contributed by atoms with Crippen LogP contribution >= 0.6 is 11.6 Å². The predicted molar refractivity (Wildman–Crippen MR) is 101 cm³/mol. The number of carbonyl (C=O) groups is 2. The van der Waals surface area contributed by atoms with Crippen LogP contribution in [0.4, 0.5) is 11.4 Å². The van der Waals surface area contributed by atoms with Crippen LogP contribution < -0.4 is 10.6 Å². The van der Waals surface area contributed by atoms with E-state index in [-0.39, 0.29) is 23.7 Å². The molecule has 0 saturated heterocycles. The van der Waals surface area contributed by atoms with E-state index in [1.54, 1.807) is 12.1 Å². The monoisotopic (exact) mass is 356 g/mol. The topological polar surface area (TPSA) is 58.2 Å². The minimum absolute atomic E-state index is 0.0969. The average molecular weight is 357 g/mol. The van der Waals surface area contributed by atoms with Gasteiger partial charge in [-0.1, -0.05) is 35.9 Å². The number of aryl methyl sites for hydroxylation is 3. The summed E-state index contributed by atoms with van der Waals surface area (Å²) in [6.45, 7) is 5.83. The number of nitrogens with one attached hydrogen (secondary N) is 2. The Hall–Kier alpha value is -2.33. The molecule has 2 atom stereocenters. The Morgan fingerprint density at radius 3 is 2.16 bits per heavy atom. The van der Waals surface area contributed by atoms with Gasteiger partial charge in [-0.05, 0) is 56.0 Å². The molecular weight excluding hydrogens is 336 g/mol. The Balaban J connectivity index is 1.63. The molecule has 4 nitrogen and oxygen atoms in total. The van der Waals surface area contributed by atoms with E-state index in [9.17, 15) is 9.59 Å². The van der Waals surface area contributed by atoms with Gasteiger partial charge in [0.2, 0.25) is 11.8 Å². The van der Waals surface area contributed by atoms with Crippen molar-refractivity contribution in [2.45, 2.75) is 27.2 Å². The highest BCUT2D eigenvalue weighted by Crippen LogP contribution is 2.41. The molecule has 0 aliphatic heterocycles. The van der Waals surface area contributed by atoms with Crippen molar-refractivity contribution in [1.82, 2.24) is 0 Å². The molecule has 0 spiro atoms. The molecule has 1 aliphatic carbocycles. The van der Waals surface area contributed by atoms with Crippen LogP contribution in [0.5, 0.6) is 0 Å². The summed E-state index contributed by atoms with van der Waals surface area (Å²) in [6.07, 6.45) is 0.572. The first-order valence-electron chi connectivity index (χ1n) is 8.31. The lowest BCUT2D eigenvalue weighted by atomic mass is 10.1. The first-order valence-corrected chi connectivity index (χ1v) is 8.68. The predicted octanol–water partition coefficient (Wildman–Crippen LogP) is 4.48. The molecule has 130 valence electrons. The van der Waals surface area contributed by atoms with Crippen LogP contribution in [-0.4, -0.2) is 11.8 Å². The maximum atomic E-state index is 12.5. The first-order chi connectivity index (χ1) is 11.9. The zero-order valence-electron chi connectivity index (χ0n) is 14.5. The molecule has 0 heterocycles. The number of hydrogen-bond acceptors (Lipinski definition) is 2. The number of halogens is 1. The number of para-hydroxylation sites is 1. The smallest absolute Gasteiger partial charge is 0.228 e. The molecule has 0 bridgehead atoms. The minimum Gasteiger partial charge on any atom is -0.326 e. The second kappa shape index (κ2) is 6.89. The lowest BCUT2D eigenvalue weighted by molar-refractivity contribution is -0.122. The summed E-state index contributed by atoms with van der Waals surface area (Å²) in [5.74, 6) is -0.798. The molecule has 1 saturated carbocycles. The van der Waals surface area contributed by atoms with Gasteiger partial charge in [0.25, 0.3) is 0 Å². The zero-order valence-corrected chi connectivity index (χ0v) is 15.3. The SMILES string of the molecule is Cc1ccc(Cl)cc1NC(=O)C1CC1C(=O)Nc1c(C)cccc1C. The van der Waals surface area contributed by atoms with Gasteiger partial charge in [-0.25, -0.2) is 0 Å². The summed E-state index contributed by atoms with van der Waals surface area (Å²) < 4.78 is 0. The second-order valence-electron chi connectivity index (χ2n) is 6.65. The number of carbonyl (C=O) groups excluding carboxylic acids is 2. The Morgan fingerprint density at radius 1 is 0.920 bits per heavy atom. The summed E-state index contributed by atoms with van der Waals surface area (Å²) >= 11 is 5.98. The molecule has 2 N–H and O–H groups in total. The standard InChI is InChI=1S/C20H21ClN2O2/c1-11-7-8-14(21)9-17(11)22-19(24)15-10-16(15)20(25)23-18-12(2)5-4-6-13(18)3/h4-9,15-16H,10H2,1-3H3,(H,22,24)(H,23,25). The quantitative estimate of drug-likeness (QED) is 0.848. The Bertz CT molecular complexity index is 827. The van der Waals surface area contributed by atoms with E-state index in [2.05, 4.69) is 10.6 Å². The van der Waals surface area contributed by atoms with Gasteiger partial charge in [0.15, 0.2) is 0 Å². The third-order valence-electron chi connectivity index (χ3n) is 4.65. The van der Waals surface area contributed by atoms with E-state index >= 15 is 0 Å². The van der Waals surface area contributed by atoms with Gasteiger partial charge in [-0.2, -0.15) is 0 Å². The highest BCUT2D eigenvalue weighted by Gasteiger charge is 2.48. The van der Waals surface area contributed by atoms with E-state index in [0.717, 1.165) is 22.4 Å². The van der Waals surface area contributed by atoms with E-state index in [4.69, 9.17) is 11.6 Å². The van der Waals surface area contributed by atoms with Crippen molar-refractivity contribution in [2.75, 3.05) is 10.6 Å². The summed E-state index contributed by atoms with van der Waals surface area (Å²) in [7, 11) is 0. The van der Waals surface area contributed by atoms with Crippen LogP contribution in [0.25, 0.3) is 0 Å². The van der Waals surface area contributed by atoms with E-state index < -0.39 is 0 Å². The van der Waals surface area contributed by atoms with Crippen LogP contribution in [0.2, 0.25) is 5.02 Å². The van der Waals surface area contributed by atoms with Gasteiger partial charge in [0, 0.05) is 16.4 Å². The van der Waals surface area contributed by atoms with Crippen molar-refractivity contribution in [2.24, 2.45) is 11.8 Å². The molecule has 2 aromatic carbocycles. The molecule has 25 heavy (non-hydrogen) atoms. The van der Waals surface area contributed by atoms with E-state index in [1.807, 2.05) is 45.0 Å². The molecule has 2 unspecified atom stereocenters. The maximum absolute atomic E-state index is 12.5. The van der Waals surface area contributed by atoms with E-state index in [0.29, 0.717) is 17.1 Å². The fourth-order valence-electron chi connectivity index (χ4n) is 2.96. The van der Waals surface area contributed by atoms with Crippen LogP contribution in [0.1, 0.15) is 23.1 Å². The van der Waals surface area contributed by atoms with Gasteiger partial charge >= 0.3 is 0 Å². The third kappa shape index (κ3) is 3.85. The number of hydrogen-bond donors (Lipinski definition) is 2. The maximum Gasteiger partial charge on any atom is 0.228 e. The first kappa shape index (κ1) is 17.5. The lowest BCUT2D eigenvalue weighted by Crippen LogP contribution is -2.21. The summed E-state index contributed by atoms with van der Waals surface area (Å²) in [6, 6.07) is 11.2. The highest BCUT2D eigenvalue weighted by atomic mass is 35.5. The lowest BCUT2D eigenvalue weighted by Gasteiger charge is -2.12. The Morgan fingerprint density at radius 2 is 1.52 bits per heavy atom. The highest BCUT2D eigenvalue weighted by molar-refractivity contribution is 6.31. The van der Waals surface area contributed by atoms with Crippen LogP contribution in [-0.2, 0) is 9.59 Å². The Labute approximate surface area is 152 Å². The molecule has 2 aromatic rings. The van der Waals surface area contributed by atoms with Gasteiger partial charge in [0.1, 0.15) is 0 Å². The molecule has 3 rings (SSSR count). The molecule has 0 radical (unpaired) electrons. The van der Waals surface area contributed by atoms with Gasteiger partial charge < -0.3 is 10.6 Å². The number of anilines is 2. The molecular formula is C20H21ClN2O2. The van der Waals surface area contributed by atoms with Crippen molar-refractivity contribution >= 4 is 34.8 Å². The van der Waals surface area contributed by atoms with E-state index in [1.165, 1.54) is 0 Å². The molecule has 0 aromatic heterocycles.